The Morgan fingerprint density at radius 1 is 1.29 bits per heavy atom. The van der Waals surface area contributed by atoms with E-state index in [0.717, 1.165) is 25.2 Å². The molecule has 0 fully saturated rings. The minimum Gasteiger partial charge on any atom is -0.370 e. The highest BCUT2D eigenvalue weighted by Gasteiger charge is 2.02. The van der Waals surface area contributed by atoms with E-state index in [1.165, 1.54) is 10.8 Å². The first-order chi connectivity index (χ1) is 8.31. The topological polar surface area (TPSA) is 50.9 Å². The van der Waals surface area contributed by atoms with E-state index in [4.69, 9.17) is 5.73 Å². The van der Waals surface area contributed by atoms with E-state index < -0.39 is 0 Å². The minimum atomic E-state index is 0.275. The van der Waals surface area contributed by atoms with Crippen LogP contribution in [-0.4, -0.2) is 17.6 Å². The van der Waals surface area contributed by atoms with Crippen LogP contribution < -0.4 is 11.1 Å². The molecule has 0 saturated carbocycles. The maximum absolute atomic E-state index is 5.89. The number of anilines is 1. The zero-order valence-electron chi connectivity index (χ0n) is 10.2. The minimum absolute atomic E-state index is 0.275. The van der Waals surface area contributed by atoms with Gasteiger partial charge in [-0.15, -0.1) is 0 Å². The maximum atomic E-state index is 5.89. The number of nitrogens with one attached hydrogen (secondary N) is 1. The zero-order valence-corrected chi connectivity index (χ0v) is 10.2. The SMILES string of the molecule is CCC(N)CCNc1nccc2ccccc12. The molecule has 0 bridgehead atoms. The standard InChI is InChI=1S/C14H19N3/c1-2-12(15)8-10-17-14-13-6-4-3-5-11(13)7-9-16-14/h3-7,9,12H,2,8,10,15H2,1H3,(H,16,17). The molecule has 3 nitrogen and oxygen atoms in total. The van der Waals surface area contributed by atoms with Gasteiger partial charge in [-0.1, -0.05) is 31.2 Å². The number of nitrogens with zero attached hydrogens (tertiary/aromatic N) is 1. The van der Waals surface area contributed by atoms with Crippen molar-refractivity contribution in [1.82, 2.24) is 4.98 Å². The zero-order chi connectivity index (χ0) is 12.1. The van der Waals surface area contributed by atoms with Crippen LogP contribution in [0.1, 0.15) is 19.8 Å². The van der Waals surface area contributed by atoms with E-state index in [-0.39, 0.29) is 6.04 Å². The molecule has 1 atom stereocenters. The number of rotatable bonds is 5. The van der Waals surface area contributed by atoms with Crippen LogP contribution in [0.15, 0.2) is 36.5 Å². The monoisotopic (exact) mass is 229 g/mol. The maximum Gasteiger partial charge on any atom is 0.133 e. The molecule has 2 rings (SSSR count). The molecule has 0 aliphatic carbocycles. The molecular weight excluding hydrogens is 210 g/mol. The van der Waals surface area contributed by atoms with Crippen molar-refractivity contribution in [2.24, 2.45) is 5.73 Å². The van der Waals surface area contributed by atoms with Gasteiger partial charge in [-0.2, -0.15) is 0 Å². The molecule has 1 aromatic heterocycles. The quantitative estimate of drug-likeness (QED) is 0.829. The van der Waals surface area contributed by atoms with Crippen LogP contribution in [0.3, 0.4) is 0 Å². The van der Waals surface area contributed by atoms with Gasteiger partial charge in [0.2, 0.25) is 0 Å². The molecule has 0 radical (unpaired) electrons. The van der Waals surface area contributed by atoms with Crippen LogP contribution in [0, 0.1) is 0 Å². The van der Waals surface area contributed by atoms with Crippen molar-refractivity contribution in [2.45, 2.75) is 25.8 Å². The average molecular weight is 229 g/mol. The number of hydrogen-bond acceptors (Lipinski definition) is 3. The third-order valence-corrected chi connectivity index (χ3v) is 3.01. The van der Waals surface area contributed by atoms with Gasteiger partial charge in [0, 0.05) is 24.2 Å². The number of pyridine rings is 1. The van der Waals surface area contributed by atoms with Crippen LogP contribution in [0.4, 0.5) is 5.82 Å². The average Bonchev–Trinajstić information content (AvgIpc) is 2.39. The fraction of sp³-hybridized carbons (Fsp3) is 0.357. The van der Waals surface area contributed by atoms with E-state index in [1.54, 1.807) is 0 Å². The lowest BCUT2D eigenvalue weighted by molar-refractivity contribution is 0.613. The Labute approximate surface area is 102 Å². The molecule has 3 heteroatoms. The second kappa shape index (κ2) is 5.64. The van der Waals surface area contributed by atoms with E-state index in [0.29, 0.717) is 0 Å². The van der Waals surface area contributed by atoms with Crippen LogP contribution in [0.2, 0.25) is 0 Å². The molecule has 3 N–H and O–H groups in total. The Morgan fingerprint density at radius 2 is 2.12 bits per heavy atom. The van der Waals surface area contributed by atoms with Crippen molar-refractivity contribution in [3.8, 4) is 0 Å². The molecule has 2 aromatic rings. The van der Waals surface area contributed by atoms with Crippen molar-refractivity contribution in [3.05, 3.63) is 36.5 Å². The Morgan fingerprint density at radius 3 is 2.94 bits per heavy atom. The third-order valence-electron chi connectivity index (χ3n) is 3.01. The smallest absolute Gasteiger partial charge is 0.133 e. The first-order valence-electron chi connectivity index (χ1n) is 6.14. The number of benzene rings is 1. The third kappa shape index (κ3) is 2.94. The van der Waals surface area contributed by atoms with E-state index in [1.807, 2.05) is 24.4 Å². The summed E-state index contributed by atoms with van der Waals surface area (Å²) in [6.45, 7) is 2.98. The van der Waals surface area contributed by atoms with E-state index in [2.05, 4.69) is 29.4 Å². The molecule has 90 valence electrons. The molecule has 1 heterocycles. The fourth-order valence-electron chi connectivity index (χ4n) is 1.84. The van der Waals surface area contributed by atoms with Gasteiger partial charge in [0.25, 0.3) is 0 Å². The number of aromatic nitrogens is 1. The summed E-state index contributed by atoms with van der Waals surface area (Å²) in [5, 5.41) is 5.74. The first-order valence-corrected chi connectivity index (χ1v) is 6.14. The van der Waals surface area contributed by atoms with Gasteiger partial charge in [0.1, 0.15) is 5.82 Å². The molecule has 1 unspecified atom stereocenters. The van der Waals surface area contributed by atoms with Gasteiger partial charge in [-0.3, -0.25) is 0 Å². The second-order valence-electron chi connectivity index (χ2n) is 4.26. The van der Waals surface area contributed by atoms with E-state index in [9.17, 15) is 0 Å². The Balaban J connectivity index is 2.08. The second-order valence-corrected chi connectivity index (χ2v) is 4.26. The number of fused-ring (bicyclic) bond motifs is 1. The van der Waals surface area contributed by atoms with Crippen LogP contribution in [0.25, 0.3) is 10.8 Å². The number of nitrogens with two attached hydrogens (primary N) is 1. The van der Waals surface area contributed by atoms with Crippen LogP contribution >= 0.6 is 0 Å². The summed E-state index contributed by atoms with van der Waals surface area (Å²) in [5.41, 5.74) is 5.89. The van der Waals surface area contributed by atoms with Crippen LogP contribution in [0.5, 0.6) is 0 Å². The summed E-state index contributed by atoms with van der Waals surface area (Å²) < 4.78 is 0. The van der Waals surface area contributed by atoms with Crippen molar-refractivity contribution in [1.29, 1.82) is 0 Å². The molecule has 0 amide bonds. The predicted octanol–water partition coefficient (Wildman–Crippen LogP) is 2.77. The van der Waals surface area contributed by atoms with Crippen molar-refractivity contribution in [3.63, 3.8) is 0 Å². The highest BCUT2D eigenvalue weighted by Crippen LogP contribution is 2.20. The van der Waals surface area contributed by atoms with E-state index >= 15 is 0 Å². The number of hydrogen-bond donors (Lipinski definition) is 2. The molecule has 1 aromatic carbocycles. The van der Waals surface area contributed by atoms with Crippen molar-refractivity contribution < 1.29 is 0 Å². The van der Waals surface area contributed by atoms with Gasteiger partial charge in [-0.25, -0.2) is 4.98 Å². The summed E-state index contributed by atoms with van der Waals surface area (Å²) in [6, 6.07) is 10.6. The largest absolute Gasteiger partial charge is 0.370 e. The first kappa shape index (κ1) is 11.9. The highest BCUT2D eigenvalue weighted by atomic mass is 15.0. The van der Waals surface area contributed by atoms with Gasteiger partial charge >= 0.3 is 0 Å². The lowest BCUT2D eigenvalue weighted by atomic mass is 10.1. The Hall–Kier alpha value is -1.61. The van der Waals surface area contributed by atoms with Gasteiger partial charge in [-0.05, 0) is 24.3 Å². The van der Waals surface area contributed by atoms with Crippen molar-refractivity contribution >= 4 is 16.6 Å². The molecule has 0 aliphatic heterocycles. The van der Waals surface area contributed by atoms with Gasteiger partial charge in [0.05, 0.1) is 0 Å². The lowest BCUT2D eigenvalue weighted by Gasteiger charge is -2.11. The lowest BCUT2D eigenvalue weighted by Crippen LogP contribution is -2.22. The van der Waals surface area contributed by atoms with Gasteiger partial charge in [0.15, 0.2) is 0 Å². The van der Waals surface area contributed by atoms with Crippen LogP contribution in [-0.2, 0) is 0 Å². The summed E-state index contributed by atoms with van der Waals surface area (Å²) in [5.74, 6) is 0.950. The molecule has 17 heavy (non-hydrogen) atoms. The fourth-order valence-corrected chi connectivity index (χ4v) is 1.84. The molecular formula is C14H19N3. The Kier molecular flexibility index (Phi) is 3.94. The van der Waals surface area contributed by atoms with Gasteiger partial charge < -0.3 is 11.1 Å². The summed E-state index contributed by atoms with van der Waals surface area (Å²) in [7, 11) is 0. The molecule has 0 aliphatic rings. The summed E-state index contributed by atoms with van der Waals surface area (Å²) in [6.07, 6.45) is 3.83. The molecule has 0 spiro atoms. The molecule has 0 saturated heterocycles. The highest BCUT2D eigenvalue weighted by molar-refractivity contribution is 5.91. The summed E-state index contributed by atoms with van der Waals surface area (Å²) >= 11 is 0. The van der Waals surface area contributed by atoms with Crippen molar-refractivity contribution in [2.75, 3.05) is 11.9 Å². The summed E-state index contributed by atoms with van der Waals surface area (Å²) in [4.78, 5) is 4.38. The Bertz CT molecular complexity index is 476. The normalized spacial score (nSPS) is 12.6. The predicted molar refractivity (Wildman–Crippen MR) is 73.1 cm³/mol.